The minimum atomic E-state index is -0.711. The molecule has 142 valence electrons. The summed E-state index contributed by atoms with van der Waals surface area (Å²) in [7, 11) is 0. The smallest absolute Gasteiger partial charge is 0.183 e. The molecule has 8 heteroatoms. The quantitative estimate of drug-likeness (QED) is 0.783. The van der Waals surface area contributed by atoms with Crippen LogP contribution in [0, 0.1) is 5.82 Å². The zero-order valence-corrected chi connectivity index (χ0v) is 16.4. The number of hydrogen-bond donors (Lipinski definition) is 1. The summed E-state index contributed by atoms with van der Waals surface area (Å²) in [6.45, 7) is 2.80. The normalized spacial score (nSPS) is 21.6. The van der Waals surface area contributed by atoms with Gasteiger partial charge in [-0.25, -0.2) is 4.39 Å². The van der Waals surface area contributed by atoms with Crippen LogP contribution in [0.5, 0.6) is 11.5 Å². The van der Waals surface area contributed by atoms with Crippen LogP contribution < -0.4 is 15.2 Å². The van der Waals surface area contributed by atoms with E-state index < -0.39 is 5.54 Å². The standard InChI is InChI=1S/C19H19FN2O3S2/c1-19(4-7-26-18(21)22-19)12-8-11(2-3-13(12)20)9-14(23)17-16-15(10-27-17)24-5-6-25-16/h2-3,8,10H,4-7,9H2,1H3,(H2,21,22)/t19-/m0/s1. The topological polar surface area (TPSA) is 73.9 Å². The van der Waals surface area contributed by atoms with Gasteiger partial charge in [-0.3, -0.25) is 9.79 Å². The average Bonchev–Trinajstić information content (AvgIpc) is 3.07. The molecule has 0 saturated carbocycles. The number of ketones is 1. The van der Waals surface area contributed by atoms with Crippen LogP contribution in [-0.2, 0) is 12.0 Å². The maximum absolute atomic E-state index is 14.5. The molecule has 1 aromatic heterocycles. The first kappa shape index (κ1) is 18.3. The molecule has 0 fully saturated rings. The first-order valence-corrected chi connectivity index (χ1v) is 10.5. The van der Waals surface area contributed by atoms with Crippen LogP contribution in [0.4, 0.5) is 4.39 Å². The molecule has 4 rings (SSSR count). The Morgan fingerprint density at radius 1 is 1.37 bits per heavy atom. The van der Waals surface area contributed by atoms with Crippen molar-refractivity contribution in [3.63, 3.8) is 0 Å². The van der Waals surface area contributed by atoms with E-state index in [9.17, 15) is 9.18 Å². The molecular formula is C19H19FN2O3S2. The van der Waals surface area contributed by atoms with E-state index in [1.807, 2.05) is 6.92 Å². The molecule has 0 saturated heterocycles. The molecule has 0 aliphatic carbocycles. The van der Waals surface area contributed by atoms with Gasteiger partial charge in [-0.15, -0.1) is 11.3 Å². The zero-order valence-electron chi connectivity index (χ0n) is 14.8. The van der Waals surface area contributed by atoms with E-state index in [1.54, 1.807) is 17.5 Å². The first-order valence-electron chi connectivity index (χ1n) is 8.63. The number of Topliss-reactive ketones (excluding diaryl/α,β-unsaturated/α-hetero) is 1. The zero-order chi connectivity index (χ0) is 19.0. The number of hydrogen-bond acceptors (Lipinski definition) is 7. The maximum atomic E-state index is 14.5. The van der Waals surface area contributed by atoms with E-state index >= 15 is 0 Å². The fraction of sp³-hybridized carbons (Fsp3) is 0.368. The predicted octanol–water partition coefficient (Wildman–Crippen LogP) is 3.75. The lowest BCUT2D eigenvalue weighted by Gasteiger charge is -2.30. The third kappa shape index (κ3) is 3.55. The fourth-order valence-electron chi connectivity index (χ4n) is 3.30. The van der Waals surface area contributed by atoms with Crippen molar-refractivity contribution < 1.29 is 18.7 Å². The van der Waals surface area contributed by atoms with Gasteiger partial charge in [0.05, 0.1) is 5.54 Å². The molecule has 0 unspecified atom stereocenters. The highest BCUT2D eigenvalue weighted by Gasteiger charge is 2.32. The van der Waals surface area contributed by atoms with Crippen molar-refractivity contribution in [2.75, 3.05) is 19.0 Å². The molecule has 2 aliphatic heterocycles. The van der Waals surface area contributed by atoms with Crippen molar-refractivity contribution in [1.29, 1.82) is 0 Å². The second kappa shape index (κ2) is 7.16. The number of thioether (sulfide) groups is 1. The van der Waals surface area contributed by atoms with Crippen LogP contribution in [0.15, 0.2) is 28.6 Å². The largest absolute Gasteiger partial charge is 0.485 e. The molecule has 27 heavy (non-hydrogen) atoms. The lowest BCUT2D eigenvalue weighted by atomic mass is 9.87. The van der Waals surface area contributed by atoms with Crippen molar-refractivity contribution in [1.82, 2.24) is 0 Å². The van der Waals surface area contributed by atoms with Gasteiger partial charge in [0.25, 0.3) is 0 Å². The average molecular weight is 407 g/mol. The molecule has 1 atom stereocenters. The van der Waals surface area contributed by atoms with Gasteiger partial charge in [0.1, 0.15) is 23.9 Å². The summed E-state index contributed by atoms with van der Waals surface area (Å²) in [6.07, 6.45) is 0.851. The van der Waals surface area contributed by atoms with E-state index in [0.29, 0.717) is 46.7 Å². The van der Waals surface area contributed by atoms with Crippen LogP contribution in [0.25, 0.3) is 0 Å². The number of carbonyl (C=O) groups is 1. The SMILES string of the molecule is C[C@@]1(c2cc(CC(=O)c3scc4c3OCCO4)ccc2F)CCSC(N)=N1. The predicted molar refractivity (Wildman–Crippen MR) is 106 cm³/mol. The third-order valence-corrected chi connectivity index (χ3v) is 6.50. The monoisotopic (exact) mass is 406 g/mol. The molecule has 5 nitrogen and oxygen atoms in total. The fourth-order valence-corrected chi connectivity index (χ4v) is 5.14. The van der Waals surface area contributed by atoms with Gasteiger partial charge in [0.2, 0.25) is 0 Å². The van der Waals surface area contributed by atoms with Crippen LogP contribution in [0.3, 0.4) is 0 Å². The Hall–Kier alpha value is -2.06. The van der Waals surface area contributed by atoms with Crippen LogP contribution >= 0.6 is 23.1 Å². The molecular weight excluding hydrogens is 387 g/mol. The molecule has 1 aromatic carbocycles. The minimum absolute atomic E-state index is 0.0725. The second-order valence-electron chi connectivity index (χ2n) is 6.69. The van der Waals surface area contributed by atoms with E-state index in [2.05, 4.69) is 4.99 Å². The molecule has 0 bridgehead atoms. The van der Waals surface area contributed by atoms with E-state index in [0.717, 1.165) is 11.3 Å². The van der Waals surface area contributed by atoms with Gasteiger partial charge in [-0.2, -0.15) is 0 Å². The second-order valence-corrected chi connectivity index (χ2v) is 8.69. The highest BCUT2D eigenvalue weighted by Crippen LogP contribution is 2.40. The van der Waals surface area contributed by atoms with Crippen molar-refractivity contribution >= 4 is 34.0 Å². The molecule has 0 amide bonds. The summed E-state index contributed by atoms with van der Waals surface area (Å²) in [5.74, 6) is 1.52. The number of ether oxygens (including phenoxy) is 2. The molecule has 3 heterocycles. The Bertz CT molecular complexity index is 928. The van der Waals surface area contributed by atoms with E-state index in [4.69, 9.17) is 15.2 Å². The van der Waals surface area contributed by atoms with E-state index in [1.165, 1.54) is 29.2 Å². The summed E-state index contributed by atoms with van der Waals surface area (Å²) in [5.41, 5.74) is 6.36. The van der Waals surface area contributed by atoms with Crippen LogP contribution in [0.1, 0.15) is 34.1 Å². The van der Waals surface area contributed by atoms with Gasteiger partial charge in [-0.1, -0.05) is 17.8 Å². The lowest BCUT2D eigenvalue weighted by molar-refractivity contribution is 0.0987. The number of nitrogens with zero attached hydrogens (tertiary/aromatic N) is 1. The van der Waals surface area contributed by atoms with Gasteiger partial charge in [0.15, 0.2) is 22.4 Å². The van der Waals surface area contributed by atoms with Crippen molar-refractivity contribution in [2.45, 2.75) is 25.3 Å². The Morgan fingerprint density at radius 2 is 2.19 bits per heavy atom. The number of rotatable bonds is 4. The highest BCUT2D eigenvalue weighted by atomic mass is 32.2. The highest BCUT2D eigenvalue weighted by molar-refractivity contribution is 8.13. The van der Waals surface area contributed by atoms with Gasteiger partial charge >= 0.3 is 0 Å². The number of nitrogens with two attached hydrogens (primary N) is 1. The number of carbonyl (C=O) groups excluding carboxylic acids is 1. The van der Waals surface area contributed by atoms with Gasteiger partial charge in [-0.05, 0) is 31.0 Å². The van der Waals surface area contributed by atoms with Gasteiger partial charge < -0.3 is 15.2 Å². The molecule has 2 aromatic rings. The number of benzene rings is 1. The minimum Gasteiger partial charge on any atom is -0.485 e. The summed E-state index contributed by atoms with van der Waals surface area (Å²) in [5, 5.41) is 2.25. The Kier molecular flexibility index (Phi) is 4.86. The van der Waals surface area contributed by atoms with Crippen molar-refractivity contribution in [3.8, 4) is 11.5 Å². The lowest BCUT2D eigenvalue weighted by Crippen LogP contribution is -2.29. The molecule has 2 aliphatic rings. The van der Waals surface area contributed by atoms with Crippen LogP contribution in [0.2, 0.25) is 0 Å². The van der Waals surface area contributed by atoms with Crippen LogP contribution in [-0.4, -0.2) is 29.9 Å². The van der Waals surface area contributed by atoms with E-state index in [-0.39, 0.29) is 18.0 Å². The summed E-state index contributed by atoms with van der Waals surface area (Å²) >= 11 is 2.79. The summed E-state index contributed by atoms with van der Waals surface area (Å²) in [6, 6.07) is 4.78. The number of fused-ring (bicyclic) bond motifs is 1. The Balaban J connectivity index is 1.61. The number of amidine groups is 1. The third-order valence-electron chi connectivity index (χ3n) is 4.73. The molecule has 0 radical (unpaired) electrons. The Labute approximate surface area is 164 Å². The maximum Gasteiger partial charge on any atom is 0.183 e. The molecule has 2 N–H and O–H groups in total. The number of aliphatic imine (C=N–C) groups is 1. The summed E-state index contributed by atoms with van der Waals surface area (Å²) in [4.78, 5) is 17.8. The van der Waals surface area contributed by atoms with Gasteiger partial charge in [0, 0.05) is 23.1 Å². The summed E-state index contributed by atoms with van der Waals surface area (Å²) < 4.78 is 25.6. The number of thiophene rings is 1. The van der Waals surface area contributed by atoms with Crippen molar-refractivity contribution in [3.05, 3.63) is 45.4 Å². The van der Waals surface area contributed by atoms with Crippen molar-refractivity contribution in [2.24, 2.45) is 10.7 Å². The Morgan fingerprint density at radius 3 is 3.00 bits per heavy atom. The first-order chi connectivity index (χ1) is 13.0. The number of halogens is 1. The molecule has 0 spiro atoms.